The lowest BCUT2D eigenvalue weighted by Crippen LogP contribution is -2.16. The van der Waals surface area contributed by atoms with Crippen molar-refractivity contribution in [1.29, 1.82) is 0 Å². The second kappa shape index (κ2) is 8.85. The van der Waals surface area contributed by atoms with Crippen LogP contribution in [0.5, 0.6) is 11.5 Å². The van der Waals surface area contributed by atoms with E-state index in [9.17, 15) is 13.6 Å². The molecular formula is C18H24F2O3. The summed E-state index contributed by atoms with van der Waals surface area (Å²) >= 11 is 0. The van der Waals surface area contributed by atoms with Crippen molar-refractivity contribution in [2.75, 3.05) is 0 Å². The minimum Gasteiger partial charge on any atom is -0.435 e. The lowest BCUT2D eigenvalue weighted by Gasteiger charge is -2.27. The van der Waals surface area contributed by atoms with Crippen molar-refractivity contribution in [3.63, 3.8) is 0 Å². The molecule has 0 saturated heterocycles. The van der Waals surface area contributed by atoms with Crippen molar-refractivity contribution in [2.45, 2.75) is 58.5 Å². The van der Waals surface area contributed by atoms with Gasteiger partial charge in [-0.15, -0.1) is 0 Å². The fraction of sp³-hybridized carbons (Fsp3) is 0.611. The third kappa shape index (κ3) is 6.16. The Morgan fingerprint density at radius 3 is 2.22 bits per heavy atom. The van der Waals surface area contributed by atoms with E-state index in [-0.39, 0.29) is 11.7 Å². The summed E-state index contributed by atoms with van der Waals surface area (Å²) in [6.45, 7) is -0.619. The zero-order chi connectivity index (χ0) is 16.7. The summed E-state index contributed by atoms with van der Waals surface area (Å²) < 4.78 is 33.6. The van der Waals surface area contributed by atoms with E-state index in [1.165, 1.54) is 56.4 Å². The Hall–Kier alpha value is -1.65. The Kier molecular flexibility index (Phi) is 6.81. The Morgan fingerprint density at radius 1 is 1.09 bits per heavy atom. The largest absolute Gasteiger partial charge is 0.435 e. The van der Waals surface area contributed by atoms with Crippen molar-refractivity contribution in [1.82, 2.24) is 0 Å². The van der Waals surface area contributed by atoms with Crippen LogP contribution in [0.15, 0.2) is 24.3 Å². The van der Waals surface area contributed by atoms with Crippen LogP contribution in [0.4, 0.5) is 8.78 Å². The monoisotopic (exact) mass is 326 g/mol. The number of alkyl halides is 2. The Morgan fingerprint density at radius 2 is 1.65 bits per heavy atom. The molecule has 1 fully saturated rings. The molecule has 23 heavy (non-hydrogen) atoms. The molecule has 1 aliphatic carbocycles. The first-order valence-electron chi connectivity index (χ1n) is 8.32. The normalized spacial score (nSPS) is 21.2. The van der Waals surface area contributed by atoms with Gasteiger partial charge in [-0.1, -0.05) is 39.0 Å². The SMILES string of the molecule is CC[C@H]1CC[C@H](CCC(=O)Oc2ccc(OC(F)F)cc2)CC1. The maximum atomic E-state index is 12.0. The van der Waals surface area contributed by atoms with E-state index in [0.29, 0.717) is 18.1 Å². The number of carbonyl (C=O) groups is 1. The summed E-state index contributed by atoms with van der Waals surface area (Å²) in [7, 11) is 0. The number of rotatable bonds is 7. The van der Waals surface area contributed by atoms with E-state index in [0.717, 1.165) is 12.3 Å². The summed E-state index contributed by atoms with van der Waals surface area (Å²) in [5.74, 6) is 1.60. The van der Waals surface area contributed by atoms with Gasteiger partial charge in [0.05, 0.1) is 0 Å². The molecule has 128 valence electrons. The van der Waals surface area contributed by atoms with Gasteiger partial charge in [0, 0.05) is 6.42 Å². The average Bonchev–Trinajstić information content (AvgIpc) is 2.55. The fourth-order valence-corrected chi connectivity index (χ4v) is 3.12. The molecule has 5 heteroatoms. The van der Waals surface area contributed by atoms with Gasteiger partial charge in [-0.3, -0.25) is 4.79 Å². The molecule has 1 saturated carbocycles. The van der Waals surface area contributed by atoms with Gasteiger partial charge >= 0.3 is 12.6 Å². The third-order valence-electron chi connectivity index (χ3n) is 4.58. The zero-order valence-corrected chi connectivity index (χ0v) is 13.5. The van der Waals surface area contributed by atoms with Crippen molar-refractivity contribution in [2.24, 2.45) is 11.8 Å². The van der Waals surface area contributed by atoms with Gasteiger partial charge in [0.2, 0.25) is 0 Å². The molecule has 1 aromatic rings. The van der Waals surface area contributed by atoms with Gasteiger partial charge in [0.25, 0.3) is 0 Å². The lowest BCUT2D eigenvalue weighted by atomic mass is 9.79. The first kappa shape index (κ1) is 17.7. The highest BCUT2D eigenvalue weighted by atomic mass is 19.3. The van der Waals surface area contributed by atoms with E-state index >= 15 is 0 Å². The average molecular weight is 326 g/mol. The molecule has 0 atom stereocenters. The van der Waals surface area contributed by atoms with Gasteiger partial charge in [0.1, 0.15) is 11.5 Å². The minimum absolute atomic E-state index is 0.0486. The predicted molar refractivity (Wildman–Crippen MR) is 83.7 cm³/mol. The maximum Gasteiger partial charge on any atom is 0.387 e. The summed E-state index contributed by atoms with van der Waals surface area (Å²) in [6.07, 6.45) is 7.44. The molecule has 0 radical (unpaired) electrons. The second-order valence-electron chi connectivity index (χ2n) is 6.16. The molecule has 0 heterocycles. The van der Waals surface area contributed by atoms with Crippen molar-refractivity contribution in [3.8, 4) is 11.5 Å². The van der Waals surface area contributed by atoms with Crippen molar-refractivity contribution >= 4 is 5.97 Å². The third-order valence-corrected chi connectivity index (χ3v) is 4.58. The number of hydrogen-bond acceptors (Lipinski definition) is 3. The summed E-state index contributed by atoms with van der Waals surface area (Å²) in [4.78, 5) is 11.9. The first-order valence-corrected chi connectivity index (χ1v) is 8.32. The number of benzene rings is 1. The Bertz CT molecular complexity index is 480. The summed E-state index contributed by atoms with van der Waals surface area (Å²) in [6, 6.07) is 5.64. The van der Waals surface area contributed by atoms with Crippen LogP contribution in [0.25, 0.3) is 0 Å². The molecule has 3 nitrogen and oxygen atoms in total. The molecule has 0 N–H and O–H groups in total. The van der Waals surface area contributed by atoms with Crippen LogP contribution in [0, 0.1) is 11.8 Å². The van der Waals surface area contributed by atoms with Crippen LogP contribution in [0.3, 0.4) is 0 Å². The Labute approximate surface area is 136 Å². The van der Waals surface area contributed by atoms with Gasteiger partial charge in [-0.05, 0) is 42.5 Å². The highest BCUT2D eigenvalue weighted by Gasteiger charge is 2.20. The van der Waals surface area contributed by atoms with Crippen LogP contribution in [0.1, 0.15) is 51.9 Å². The first-order chi connectivity index (χ1) is 11.1. The van der Waals surface area contributed by atoms with Gasteiger partial charge in [0.15, 0.2) is 0 Å². The highest BCUT2D eigenvalue weighted by molar-refractivity contribution is 5.72. The molecule has 1 aromatic carbocycles. The summed E-state index contributed by atoms with van der Waals surface area (Å²) in [5.41, 5.74) is 0. The van der Waals surface area contributed by atoms with Crippen LogP contribution in [-0.4, -0.2) is 12.6 Å². The number of ether oxygens (including phenoxy) is 2. The van der Waals surface area contributed by atoms with E-state index in [1.54, 1.807) is 0 Å². The van der Waals surface area contributed by atoms with Gasteiger partial charge in [-0.25, -0.2) is 0 Å². The van der Waals surface area contributed by atoms with Gasteiger partial charge in [-0.2, -0.15) is 8.78 Å². The molecule has 0 unspecified atom stereocenters. The quantitative estimate of drug-likeness (QED) is 0.511. The number of esters is 1. The van der Waals surface area contributed by atoms with Crippen LogP contribution >= 0.6 is 0 Å². The molecule has 0 aromatic heterocycles. The highest BCUT2D eigenvalue weighted by Crippen LogP contribution is 2.33. The van der Waals surface area contributed by atoms with E-state index in [2.05, 4.69) is 11.7 Å². The predicted octanol–water partition coefficient (Wildman–Crippen LogP) is 5.19. The number of hydrogen-bond donors (Lipinski definition) is 0. The van der Waals surface area contributed by atoms with Crippen molar-refractivity contribution < 1.29 is 23.0 Å². The minimum atomic E-state index is -2.86. The van der Waals surface area contributed by atoms with Crippen LogP contribution in [0.2, 0.25) is 0 Å². The molecule has 0 aliphatic heterocycles. The summed E-state index contributed by atoms with van der Waals surface area (Å²) in [5, 5.41) is 0. The Balaban J connectivity index is 1.70. The maximum absolute atomic E-state index is 12.0. The molecule has 1 aliphatic rings. The smallest absolute Gasteiger partial charge is 0.387 e. The molecule has 2 rings (SSSR count). The second-order valence-corrected chi connectivity index (χ2v) is 6.16. The van der Waals surface area contributed by atoms with E-state index in [4.69, 9.17) is 4.74 Å². The van der Waals surface area contributed by atoms with Crippen LogP contribution in [-0.2, 0) is 4.79 Å². The number of carbonyl (C=O) groups excluding carboxylic acids is 1. The lowest BCUT2D eigenvalue weighted by molar-refractivity contribution is -0.134. The number of halogens is 2. The molecule has 0 amide bonds. The standard InChI is InChI=1S/C18H24F2O3/c1-2-13-3-5-14(6-4-13)7-12-17(21)22-15-8-10-16(11-9-15)23-18(19)20/h8-11,13-14,18H,2-7,12H2,1H3/t13-,14-. The molecule has 0 spiro atoms. The van der Waals surface area contributed by atoms with Crippen LogP contribution < -0.4 is 9.47 Å². The topological polar surface area (TPSA) is 35.5 Å². The van der Waals surface area contributed by atoms with E-state index < -0.39 is 6.61 Å². The zero-order valence-electron chi connectivity index (χ0n) is 13.5. The fourth-order valence-electron chi connectivity index (χ4n) is 3.12. The van der Waals surface area contributed by atoms with E-state index in [1.807, 2.05) is 0 Å². The molecular weight excluding hydrogens is 302 g/mol. The molecule has 0 bridgehead atoms. The van der Waals surface area contributed by atoms with Gasteiger partial charge < -0.3 is 9.47 Å². The van der Waals surface area contributed by atoms with Crippen molar-refractivity contribution in [3.05, 3.63) is 24.3 Å².